The van der Waals surface area contributed by atoms with Crippen molar-refractivity contribution in [1.29, 1.82) is 0 Å². The third-order valence-electron chi connectivity index (χ3n) is 6.56. The first kappa shape index (κ1) is 28.7. The van der Waals surface area contributed by atoms with Crippen LogP contribution in [0.1, 0.15) is 46.8 Å². The lowest BCUT2D eigenvalue weighted by Gasteiger charge is -2.45. The maximum atomic E-state index is 13.9. The Labute approximate surface area is 212 Å². The van der Waals surface area contributed by atoms with Gasteiger partial charge in [0.2, 0.25) is 0 Å². The largest absolute Gasteiger partial charge is 0.416 e. The molecule has 0 aromatic heterocycles. The normalized spacial score (nSPS) is 20.8. The van der Waals surface area contributed by atoms with Crippen LogP contribution >= 0.6 is 23.2 Å². The summed E-state index contributed by atoms with van der Waals surface area (Å²) >= 11 is 12.1. The maximum absolute atomic E-state index is 13.9. The molecule has 0 amide bonds. The quantitative estimate of drug-likeness (QED) is 0.243. The topological polar surface area (TPSA) is 83.5 Å². The SMILES string of the molecule is CCC(C(=O)c1cc(C(F)(F)F)cc(C(F)(F)F)c1)(C1(c2ccc(Cl)c(Cl)c2)CCNC1)S(=O)(=O)O. The van der Waals surface area contributed by atoms with Crippen molar-refractivity contribution in [2.75, 3.05) is 13.1 Å². The van der Waals surface area contributed by atoms with Gasteiger partial charge in [0.05, 0.1) is 21.2 Å². The molecule has 14 heteroatoms. The minimum atomic E-state index is -5.46. The maximum Gasteiger partial charge on any atom is 0.416 e. The average Bonchev–Trinajstić information content (AvgIpc) is 3.25. The van der Waals surface area contributed by atoms with Gasteiger partial charge in [-0.2, -0.15) is 34.8 Å². The molecule has 1 aliphatic rings. The number of carbonyl (C=O) groups is 1. The van der Waals surface area contributed by atoms with Gasteiger partial charge in [-0.1, -0.05) is 36.2 Å². The molecule has 198 valence electrons. The highest BCUT2D eigenvalue weighted by molar-refractivity contribution is 7.88. The third-order valence-corrected chi connectivity index (χ3v) is 9.04. The second kappa shape index (κ2) is 9.46. The van der Waals surface area contributed by atoms with Crippen LogP contribution in [-0.4, -0.2) is 36.6 Å². The predicted octanol–water partition coefficient (Wildman–Crippen LogP) is 6.18. The second-order valence-corrected chi connectivity index (χ2v) is 10.9. The van der Waals surface area contributed by atoms with E-state index < -0.39 is 61.5 Å². The molecular weight excluding hydrogens is 559 g/mol. The first-order chi connectivity index (χ1) is 16.4. The number of benzene rings is 2. The van der Waals surface area contributed by atoms with E-state index in [4.69, 9.17) is 23.2 Å². The first-order valence-electron chi connectivity index (χ1n) is 10.4. The van der Waals surface area contributed by atoms with E-state index in [0.29, 0.717) is 0 Å². The van der Waals surface area contributed by atoms with Gasteiger partial charge in [-0.3, -0.25) is 9.35 Å². The minimum absolute atomic E-state index is 0.0355. The molecule has 0 aliphatic carbocycles. The lowest BCUT2D eigenvalue weighted by molar-refractivity contribution is -0.143. The van der Waals surface area contributed by atoms with Crippen LogP contribution < -0.4 is 5.32 Å². The van der Waals surface area contributed by atoms with Crippen molar-refractivity contribution in [2.45, 2.75) is 42.3 Å². The zero-order valence-electron chi connectivity index (χ0n) is 18.4. The molecule has 1 saturated heterocycles. The molecule has 0 spiro atoms. The van der Waals surface area contributed by atoms with Crippen molar-refractivity contribution in [3.63, 3.8) is 0 Å². The molecule has 1 heterocycles. The van der Waals surface area contributed by atoms with Gasteiger partial charge in [-0.05, 0) is 55.3 Å². The molecule has 1 fully saturated rings. The van der Waals surface area contributed by atoms with Gasteiger partial charge in [-0.25, -0.2) is 0 Å². The molecule has 0 radical (unpaired) electrons. The van der Waals surface area contributed by atoms with Gasteiger partial charge in [0.25, 0.3) is 10.1 Å². The Hall–Kier alpha value is -1.86. The number of halogens is 8. The Kier molecular flexibility index (Phi) is 7.55. The van der Waals surface area contributed by atoms with Crippen LogP contribution in [0.25, 0.3) is 0 Å². The number of Topliss-reactive ketones (excluding diaryl/α,β-unsaturated/α-hetero) is 1. The highest BCUT2D eigenvalue weighted by atomic mass is 35.5. The molecule has 0 bridgehead atoms. The minimum Gasteiger partial charge on any atom is -0.316 e. The summed E-state index contributed by atoms with van der Waals surface area (Å²) in [5.41, 5.74) is -6.46. The fraction of sp³-hybridized carbons (Fsp3) is 0.409. The molecular formula is C22H19Cl2F6NO4S. The number of carbonyl (C=O) groups excluding carboxylic acids is 1. The van der Waals surface area contributed by atoms with Crippen LogP contribution in [0.3, 0.4) is 0 Å². The molecule has 36 heavy (non-hydrogen) atoms. The van der Waals surface area contributed by atoms with E-state index in [9.17, 15) is 44.1 Å². The number of ketones is 1. The fourth-order valence-corrected chi connectivity index (χ4v) is 6.69. The van der Waals surface area contributed by atoms with Gasteiger partial charge < -0.3 is 5.32 Å². The average molecular weight is 578 g/mol. The van der Waals surface area contributed by atoms with Crippen molar-refractivity contribution < 1.29 is 44.1 Å². The van der Waals surface area contributed by atoms with Crippen LogP contribution in [0, 0.1) is 0 Å². The van der Waals surface area contributed by atoms with Gasteiger partial charge in [0.1, 0.15) is 0 Å². The van der Waals surface area contributed by atoms with E-state index in [0.717, 1.165) is 0 Å². The molecule has 2 aromatic carbocycles. The zero-order chi connectivity index (χ0) is 27.3. The Morgan fingerprint density at radius 3 is 1.94 bits per heavy atom. The number of hydrogen-bond acceptors (Lipinski definition) is 4. The summed E-state index contributed by atoms with van der Waals surface area (Å²) in [4.78, 5) is 13.9. The summed E-state index contributed by atoms with van der Waals surface area (Å²) in [5, 5.41) is 2.91. The van der Waals surface area contributed by atoms with Gasteiger partial charge >= 0.3 is 12.4 Å². The van der Waals surface area contributed by atoms with Crippen molar-refractivity contribution in [1.82, 2.24) is 5.32 Å². The monoisotopic (exact) mass is 577 g/mol. The molecule has 5 nitrogen and oxygen atoms in total. The Balaban J connectivity index is 2.40. The van der Waals surface area contributed by atoms with Crippen LogP contribution in [0.15, 0.2) is 36.4 Å². The van der Waals surface area contributed by atoms with E-state index in [-0.39, 0.29) is 53.3 Å². The van der Waals surface area contributed by atoms with Crippen LogP contribution in [-0.2, 0) is 27.9 Å². The van der Waals surface area contributed by atoms with E-state index in [1.54, 1.807) is 0 Å². The molecule has 2 atom stereocenters. The highest BCUT2D eigenvalue weighted by Crippen LogP contribution is 2.50. The summed E-state index contributed by atoms with van der Waals surface area (Å²) in [6.45, 7) is 1.07. The van der Waals surface area contributed by atoms with E-state index in [1.165, 1.54) is 25.1 Å². The lowest BCUT2D eigenvalue weighted by atomic mass is 9.65. The highest BCUT2D eigenvalue weighted by Gasteiger charge is 2.65. The Morgan fingerprint density at radius 1 is 1.00 bits per heavy atom. The van der Waals surface area contributed by atoms with Crippen LogP contribution in [0.2, 0.25) is 10.0 Å². The molecule has 0 saturated carbocycles. The van der Waals surface area contributed by atoms with E-state index in [1.807, 2.05) is 0 Å². The number of hydrogen-bond donors (Lipinski definition) is 2. The van der Waals surface area contributed by atoms with Crippen molar-refractivity contribution in [3.8, 4) is 0 Å². The predicted molar refractivity (Wildman–Crippen MR) is 121 cm³/mol. The van der Waals surface area contributed by atoms with Crippen molar-refractivity contribution >= 4 is 39.1 Å². The number of rotatable bonds is 6. The first-order valence-corrected chi connectivity index (χ1v) is 12.6. The van der Waals surface area contributed by atoms with Crippen molar-refractivity contribution in [2.24, 2.45) is 0 Å². The molecule has 2 unspecified atom stereocenters. The van der Waals surface area contributed by atoms with Crippen LogP contribution in [0.5, 0.6) is 0 Å². The Bertz CT molecular complexity index is 1260. The summed E-state index contributed by atoms with van der Waals surface area (Å²) in [6, 6.07) is 4.03. The lowest BCUT2D eigenvalue weighted by Crippen LogP contribution is -2.62. The molecule has 2 aromatic rings. The van der Waals surface area contributed by atoms with Gasteiger partial charge in [-0.15, -0.1) is 0 Å². The van der Waals surface area contributed by atoms with Crippen molar-refractivity contribution in [3.05, 3.63) is 68.7 Å². The molecule has 1 aliphatic heterocycles. The second-order valence-electron chi connectivity index (χ2n) is 8.42. The molecule has 2 N–H and O–H groups in total. The fourth-order valence-electron chi connectivity index (χ4n) is 4.89. The number of nitrogens with one attached hydrogen (secondary N) is 1. The smallest absolute Gasteiger partial charge is 0.316 e. The van der Waals surface area contributed by atoms with Gasteiger partial charge in [0.15, 0.2) is 10.5 Å². The van der Waals surface area contributed by atoms with E-state index >= 15 is 0 Å². The summed E-state index contributed by atoms with van der Waals surface area (Å²) in [6.07, 6.45) is -11.3. The summed E-state index contributed by atoms with van der Waals surface area (Å²) in [5.74, 6) is -1.61. The van der Waals surface area contributed by atoms with Crippen LogP contribution in [0.4, 0.5) is 26.3 Å². The van der Waals surface area contributed by atoms with Gasteiger partial charge in [0, 0.05) is 17.5 Å². The summed E-state index contributed by atoms with van der Waals surface area (Å²) < 4.78 is 114. The zero-order valence-corrected chi connectivity index (χ0v) is 20.7. The molecule has 3 rings (SSSR count). The Morgan fingerprint density at radius 2 is 1.56 bits per heavy atom. The van der Waals surface area contributed by atoms with E-state index in [2.05, 4.69) is 5.32 Å². The third kappa shape index (κ3) is 4.73. The summed E-state index contributed by atoms with van der Waals surface area (Å²) in [7, 11) is -5.46. The number of alkyl halides is 6. The standard InChI is InChI=1S/C22H19Cl2F6NO4S/c1-2-20(36(33,34)35,19(5-6-31-11-19)13-3-4-16(23)17(24)10-13)18(32)12-7-14(21(25,26)27)9-15(8-12)22(28,29)30/h3-4,7-10,31H,2,5-6,11H2,1H3,(H,33,34,35).